The van der Waals surface area contributed by atoms with Crippen molar-refractivity contribution in [2.45, 2.75) is 0 Å². The van der Waals surface area contributed by atoms with Gasteiger partial charge in [0.05, 0.1) is 5.69 Å². The van der Waals surface area contributed by atoms with Crippen molar-refractivity contribution in [3.05, 3.63) is 55.1 Å². The maximum Gasteiger partial charge on any atom is 0.163 e. The van der Waals surface area contributed by atoms with Gasteiger partial charge in [-0.3, -0.25) is 9.97 Å². The Morgan fingerprint density at radius 2 is 1.53 bits per heavy atom. The van der Waals surface area contributed by atoms with Crippen LogP contribution in [0.4, 0.5) is 5.82 Å². The highest BCUT2D eigenvalue weighted by atomic mass is 14.9. The Bertz CT molecular complexity index is 625. The molecule has 0 aromatic carbocycles. The van der Waals surface area contributed by atoms with Gasteiger partial charge in [-0.2, -0.15) is 0 Å². The number of anilines is 1. The van der Waals surface area contributed by atoms with Gasteiger partial charge >= 0.3 is 0 Å². The summed E-state index contributed by atoms with van der Waals surface area (Å²) in [4.78, 5) is 16.9. The van der Waals surface area contributed by atoms with Crippen molar-refractivity contribution in [1.82, 2.24) is 19.9 Å². The number of nitrogen functional groups attached to an aromatic ring is 1. The van der Waals surface area contributed by atoms with E-state index in [-0.39, 0.29) is 0 Å². The van der Waals surface area contributed by atoms with Crippen molar-refractivity contribution in [3.63, 3.8) is 0 Å². The van der Waals surface area contributed by atoms with Crippen LogP contribution in [-0.4, -0.2) is 19.9 Å². The third-order valence-electron chi connectivity index (χ3n) is 2.62. The molecule has 5 heteroatoms. The molecule has 19 heavy (non-hydrogen) atoms. The van der Waals surface area contributed by atoms with Crippen LogP contribution in [0.25, 0.3) is 22.6 Å². The second-order valence-electron chi connectivity index (χ2n) is 3.99. The highest BCUT2D eigenvalue weighted by molar-refractivity contribution is 5.65. The predicted molar refractivity (Wildman–Crippen MR) is 72.9 cm³/mol. The third kappa shape index (κ3) is 2.40. The molecule has 3 aromatic rings. The molecule has 3 heterocycles. The predicted octanol–water partition coefficient (Wildman–Crippen LogP) is 2.18. The smallest absolute Gasteiger partial charge is 0.163 e. The van der Waals surface area contributed by atoms with Gasteiger partial charge in [-0.15, -0.1) is 0 Å². The van der Waals surface area contributed by atoms with Gasteiger partial charge in [-0.1, -0.05) is 0 Å². The first-order chi connectivity index (χ1) is 9.33. The summed E-state index contributed by atoms with van der Waals surface area (Å²) in [5, 5.41) is 0. The van der Waals surface area contributed by atoms with Crippen LogP contribution in [-0.2, 0) is 0 Å². The Hall–Kier alpha value is -2.82. The van der Waals surface area contributed by atoms with E-state index in [0.29, 0.717) is 11.6 Å². The van der Waals surface area contributed by atoms with Crippen molar-refractivity contribution in [2.75, 3.05) is 5.73 Å². The molecule has 0 unspecified atom stereocenters. The molecule has 0 fully saturated rings. The monoisotopic (exact) mass is 249 g/mol. The number of aromatic nitrogens is 4. The number of nitrogens with zero attached hydrogens (tertiary/aromatic N) is 4. The van der Waals surface area contributed by atoms with E-state index >= 15 is 0 Å². The van der Waals surface area contributed by atoms with Crippen LogP contribution < -0.4 is 5.73 Å². The summed E-state index contributed by atoms with van der Waals surface area (Å²) >= 11 is 0. The van der Waals surface area contributed by atoms with Crippen LogP contribution >= 0.6 is 0 Å². The number of hydrogen-bond acceptors (Lipinski definition) is 5. The molecule has 5 nitrogen and oxygen atoms in total. The minimum atomic E-state index is 0.424. The van der Waals surface area contributed by atoms with Crippen molar-refractivity contribution >= 4 is 5.82 Å². The summed E-state index contributed by atoms with van der Waals surface area (Å²) in [5.74, 6) is 0.986. The van der Waals surface area contributed by atoms with E-state index in [1.54, 1.807) is 30.9 Å². The molecule has 0 saturated carbocycles. The minimum Gasteiger partial charge on any atom is -0.384 e. The lowest BCUT2D eigenvalue weighted by atomic mass is 10.2. The molecule has 0 atom stereocenters. The van der Waals surface area contributed by atoms with E-state index in [9.17, 15) is 0 Å². The largest absolute Gasteiger partial charge is 0.384 e. The average Bonchev–Trinajstić information content (AvgIpc) is 2.48. The quantitative estimate of drug-likeness (QED) is 0.753. The van der Waals surface area contributed by atoms with Gasteiger partial charge in [0.15, 0.2) is 5.82 Å². The Morgan fingerprint density at radius 1 is 0.842 bits per heavy atom. The minimum absolute atomic E-state index is 0.424. The number of pyridine rings is 2. The second-order valence-corrected chi connectivity index (χ2v) is 3.99. The van der Waals surface area contributed by atoms with Gasteiger partial charge in [0.1, 0.15) is 5.82 Å². The van der Waals surface area contributed by atoms with Crippen LogP contribution in [0.15, 0.2) is 55.1 Å². The first kappa shape index (κ1) is 11.3. The lowest BCUT2D eigenvalue weighted by molar-refractivity contribution is 1.17. The summed E-state index contributed by atoms with van der Waals surface area (Å²) in [7, 11) is 0. The van der Waals surface area contributed by atoms with Gasteiger partial charge in [0.2, 0.25) is 0 Å². The first-order valence-electron chi connectivity index (χ1n) is 5.78. The molecule has 0 aliphatic heterocycles. The lowest BCUT2D eigenvalue weighted by Crippen LogP contribution is -1.98. The van der Waals surface area contributed by atoms with E-state index < -0.39 is 0 Å². The number of rotatable bonds is 2. The molecule has 0 amide bonds. The van der Waals surface area contributed by atoms with Crippen molar-refractivity contribution in [1.29, 1.82) is 0 Å². The molecule has 0 bridgehead atoms. The molecule has 92 valence electrons. The van der Waals surface area contributed by atoms with Gasteiger partial charge in [0, 0.05) is 42.0 Å². The van der Waals surface area contributed by atoms with Crippen molar-refractivity contribution in [3.8, 4) is 22.6 Å². The molecule has 0 radical (unpaired) electrons. The van der Waals surface area contributed by atoms with Gasteiger partial charge < -0.3 is 5.73 Å². The zero-order valence-corrected chi connectivity index (χ0v) is 10.1. The van der Waals surface area contributed by atoms with Crippen LogP contribution in [0, 0.1) is 0 Å². The molecule has 0 saturated heterocycles. The van der Waals surface area contributed by atoms with E-state index in [1.165, 1.54) is 0 Å². The second kappa shape index (κ2) is 4.81. The molecule has 0 aliphatic carbocycles. The zero-order valence-electron chi connectivity index (χ0n) is 10.1. The zero-order chi connectivity index (χ0) is 13.1. The normalized spacial score (nSPS) is 10.3. The SMILES string of the molecule is Nc1cc(-c2cccnc2)nc(-c2cccnc2)n1. The molecule has 0 spiro atoms. The van der Waals surface area contributed by atoms with E-state index in [0.717, 1.165) is 16.8 Å². The van der Waals surface area contributed by atoms with Crippen LogP contribution in [0.5, 0.6) is 0 Å². The number of hydrogen-bond donors (Lipinski definition) is 1. The van der Waals surface area contributed by atoms with E-state index in [2.05, 4.69) is 19.9 Å². The molecule has 3 rings (SSSR count). The molecular weight excluding hydrogens is 238 g/mol. The van der Waals surface area contributed by atoms with Crippen molar-refractivity contribution < 1.29 is 0 Å². The fraction of sp³-hybridized carbons (Fsp3) is 0. The van der Waals surface area contributed by atoms with E-state index in [4.69, 9.17) is 5.73 Å². The molecule has 3 aromatic heterocycles. The molecule has 0 aliphatic rings. The lowest BCUT2D eigenvalue weighted by Gasteiger charge is -2.05. The summed E-state index contributed by atoms with van der Waals surface area (Å²) in [5.41, 5.74) is 8.33. The first-order valence-corrected chi connectivity index (χ1v) is 5.78. The Kier molecular flexibility index (Phi) is 2.86. The summed E-state index contributed by atoms with van der Waals surface area (Å²) in [6, 6.07) is 9.26. The topological polar surface area (TPSA) is 77.6 Å². The Balaban J connectivity index is 2.12. The summed E-state index contributed by atoms with van der Waals surface area (Å²) in [6.45, 7) is 0. The molecular formula is C14H11N5. The van der Waals surface area contributed by atoms with Crippen LogP contribution in [0.3, 0.4) is 0 Å². The molecule has 2 N–H and O–H groups in total. The van der Waals surface area contributed by atoms with Crippen molar-refractivity contribution in [2.24, 2.45) is 0 Å². The van der Waals surface area contributed by atoms with Crippen LogP contribution in [0.1, 0.15) is 0 Å². The average molecular weight is 249 g/mol. The van der Waals surface area contributed by atoms with Gasteiger partial charge in [-0.25, -0.2) is 9.97 Å². The number of nitrogens with two attached hydrogens (primary N) is 1. The maximum absolute atomic E-state index is 5.84. The Labute approximate surface area is 110 Å². The van der Waals surface area contributed by atoms with Gasteiger partial charge in [0.25, 0.3) is 0 Å². The highest BCUT2D eigenvalue weighted by Gasteiger charge is 2.07. The third-order valence-corrected chi connectivity index (χ3v) is 2.62. The Morgan fingerprint density at radius 3 is 2.16 bits per heavy atom. The van der Waals surface area contributed by atoms with Crippen LogP contribution in [0.2, 0.25) is 0 Å². The van der Waals surface area contributed by atoms with Gasteiger partial charge in [-0.05, 0) is 24.3 Å². The van der Waals surface area contributed by atoms with E-state index in [1.807, 2.05) is 24.3 Å². The standard InChI is InChI=1S/C14H11N5/c15-13-7-12(10-3-1-5-16-8-10)18-14(19-13)11-4-2-6-17-9-11/h1-9H,(H2,15,18,19). The fourth-order valence-corrected chi connectivity index (χ4v) is 1.75. The summed E-state index contributed by atoms with van der Waals surface area (Å²) in [6.07, 6.45) is 6.88. The maximum atomic E-state index is 5.84. The fourth-order valence-electron chi connectivity index (χ4n) is 1.75. The summed E-state index contributed by atoms with van der Waals surface area (Å²) < 4.78 is 0. The highest BCUT2D eigenvalue weighted by Crippen LogP contribution is 2.21.